The molecule has 0 saturated carbocycles. The van der Waals surface area contributed by atoms with Crippen molar-refractivity contribution in [3.8, 4) is 5.75 Å². The highest BCUT2D eigenvalue weighted by atomic mass is 79.9. The summed E-state index contributed by atoms with van der Waals surface area (Å²) in [5.41, 5.74) is 1.62. The highest BCUT2D eigenvalue weighted by Crippen LogP contribution is 2.30. The lowest BCUT2D eigenvalue weighted by atomic mass is 10.2. The van der Waals surface area contributed by atoms with Gasteiger partial charge in [-0.15, -0.1) is 0 Å². The van der Waals surface area contributed by atoms with Gasteiger partial charge in [-0.1, -0.05) is 34.1 Å². The zero-order valence-corrected chi connectivity index (χ0v) is 17.8. The molecule has 0 aliphatic rings. The van der Waals surface area contributed by atoms with Crippen molar-refractivity contribution in [2.75, 3.05) is 11.4 Å². The van der Waals surface area contributed by atoms with Crippen LogP contribution in [0.3, 0.4) is 0 Å². The van der Waals surface area contributed by atoms with Gasteiger partial charge >= 0.3 is 0 Å². The monoisotopic (exact) mass is 463 g/mol. The molecule has 0 fully saturated rings. The lowest BCUT2D eigenvalue weighted by Gasteiger charge is -2.26. The SMILES string of the molecule is COc1cccc(CN(c2cccc(Br)c2)S(=O)(=O)c2ccc(F)cc2C)c1. The number of hydrogen-bond donors (Lipinski definition) is 0. The molecule has 0 bridgehead atoms. The van der Waals surface area contributed by atoms with Crippen LogP contribution in [0.1, 0.15) is 11.1 Å². The molecule has 146 valence electrons. The topological polar surface area (TPSA) is 46.6 Å². The number of hydrogen-bond acceptors (Lipinski definition) is 3. The van der Waals surface area contributed by atoms with Crippen LogP contribution in [0.15, 0.2) is 76.1 Å². The van der Waals surface area contributed by atoms with Crippen LogP contribution in [-0.2, 0) is 16.6 Å². The van der Waals surface area contributed by atoms with Gasteiger partial charge in [0.1, 0.15) is 11.6 Å². The third-order valence-electron chi connectivity index (χ3n) is 4.26. The first-order chi connectivity index (χ1) is 13.3. The molecule has 0 radical (unpaired) electrons. The van der Waals surface area contributed by atoms with Crippen LogP contribution < -0.4 is 9.04 Å². The minimum Gasteiger partial charge on any atom is -0.497 e. The molecular formula is C21H19BrFNO3S. The molecule has 0 aliphatic heterocycles. The van der Waals surface area contributed by atoms with E-state index in [1.165, 1.54) is 16.4 Å². The number of anilines is 1. The molecule has 3 rings (SSSR count). The summed E-state index contributed by atoms with van der Waals surface area (Å²) in [5, 5.41) is 0. The Kier molecular flexibility index (Phi) is 6.05. The average Bonchev–Trinajstić information content (AvgIpc) is 2.66. The summed E-state index contributed by atoms with van der Waals surface area (Å²) in [5.74, 6) is 0.167. The maximum atomic E-state index is 13.5. The van der Waals surface area contributed by atoms with Gasteiger partial charge in [0, 0.05) is 4.47 Å². The largest absolute Gasteiger partial charge is 0.497 e. The van der Waals surface area contributed by atoms with Gasteiger partial charge in [-0.2, -0.15) is 0 Å². The molecule has 0 saturated heterocycles. The van der Waals surface area contributed by atoms with Crippen LogP contribution >= 0.6 is 15.9 Å². The van der Waals surface area contributed by atoms with Crippen molar-refractivity contribution >= 4 is 31.6 Å². The molecule has 0 spiro atoms. The third kappa shape index (κ3) is 4.36. The lowest BCUT2D eigenvalue weighted by molar-refractivity contribution is 0.414. The summed E-state index contributed by atoms with van der Waals surface area (Å²) in [4.78, 5) is 0.0665. The van der Waals surface area contributed by atoms with E-state index < -0.39 is 15.8 Å². The Morgan fingerprint density at radius 3 is 2.46 bits per heavy atom. The van der Waals surface area contributed by atoms with Crippen LogP contribution in [0.25, 0.3) is 0 Å². The van der Waals surface area contributed by atoms with Gasteiger partial charge in [-0.25, -0.2) is 12.8 Å². The first-order valence-corrected chi connectivity index (χ1v) is 10.7. The Balaban J connectivity index is 2.12. The number of methoxy groups -OCH3 is 1. The maximum Gasteiger partial charge on any atom is 0.264 e. The lowest BCUT2D eigenvalue weighted by Crippen LogP contribution is -2.31. The van der Waals surface area contributed by atoms with Crippen molar-refractivity contribution in [2.45, 2.75) is 18.4 Å². The highest BCUT2D eigenvalue weighted by Gasteiger charge is 2.27. The van der Waals surface area contributed by atoms with Gasteiger partial charge in [0.05, 0.1) is 24.2 Å². The van der Waals surface area contributed by atoms with E-state index in [-0.39, 0.29) is 11.4 Å². The molecule has 0 amide bonds. The number of nitrogens with zero attached hydrogens (tertiary/aromatic N) is 1. The van der Waals surface area contributed by atoms with E-state index in [4.69, 9.17) is 4.74 Å². The van der Waals surface area contributed by atoms with Crippen LogP contribution in [0.4, 0.5) is 10.1 Å². The van der Waals surface area contributed by atoms with Crippen molar-refractivity contribution in [2.24, 2.45) is 0 Å². The molecule has 3 aromatic carbocycles. The zero-order chi connectivity index (χ0) is 20.3. The summed E-state index contributed by atoms with van der Waals surface area (Å²) in [7, 11) is -2.37. The van der Waals surface area contributed by atoms with Gasteiger partial charge in [0.15, 0.2) is 0 Å². The van der Waals surface area contributed by atoms with Crippen molar-refractivity contribution < 1.29 is 17.5 Å². The van der Waals surface area contributed by atoms with E-state index in [0.717, 1.165) is 16.1 Å². The molecule has 0 unspecified atom stereocenters. The van der Waals surface area contributed by atoms with Crippen molar-refractivity contribution in [1.82, 2.24) is 0 Å². The molecule has 0 atom stereocenters. The van der Waals surface area contributed by atoms with Gasteiger partial charge in [-0.3, -0.25) is 4.31 Å². The molecule has 0 aliphatic carbocycles. The van der Waals surface area contributed by atoms with Crippen LogP contribution in [0.2, 0.25) is 0 Å². The predicted molar refractivity (Wildman–Crippen MR) is 112 cm³/mol. The fourth-order valence-electron chi connectivity index (χ4n) is 2.90. The summed E-state index contributed by atoms with van der Waals surface area (Å²) in [6.07, 6.45) is 0. The number of sulfonamides is 1. The van der Waals surface area contributed by atoms with Crippen molar-refractivity contribution in [1.29, 1.82) is 0 Å². The Labute approximate surface area is 172 Å². The van der Waals surface area contributed by atoms with Gasteiger partial charge in [0.2, 0.25) is 0 Å². The number of rotatable bonds is 6. The van der Waals surface area contributed by atoms with Crippen LogP contribution in [0.5, 0.6) is 5.75 Å². The molecule has 28 heavy (non-hydrogen) atoms. The molecule has 0 N–H and O–H groups in total. The van der Waals surface area contributed by atoms with E-state index in [1.54, 1.807) is 44.4 Å². The minimum atomic E-state index is -3.93. The van der Waals surface area contributed by atoms with E-state index in [9.17, 15) is 12.8 Å². The minimum absolute atomic E-state index is 0.0665. The zero-order valence-electron chi connectivity index (χ0n) is 15.4. The number of ether oxygens (including phenoxy) is 1. The number of halogens is 2. The Hall–Kier alpha value is -2.38. The highest BCUT2D eigenvalue weighted by molar-refractivity contribution is 9.10. The summed E-state index contributed by atoms with van der Waals surface area (Å²) in [6, 6.07) is 18.0. The number of aryl methyl sites for hydroxylation is 1. The van der Waals surface area contributed by atoms with Gasteiger partial charge < -0.3 is 4.74 Å². The summed E-state index contributed by atoms with van der Waals surface area (Å²) >= 11 is 3.39. The molecule has 3 aromatic rings. The second kappa shape index (κ2) is 8.32. The van der Waals surface area contributed by atoms with E-state index in [2.05, 4.69) is 15.9 Å². The second-order valence-electron chi connectivity index (χ2n) is 6.25. The van der Waals surface area contributed by atoms with E-state index in [0.29, 0.717) is 17.0 Å². The molecule has 4 nitrogen and oxygen atoms in total. The van der Waals surface area contributed by atoms with Gasteiger partial charge in [0.25, 0.3) is 10.0 Å². The van der Waals surface area contributed by atoms with Crippen molar-refractivity contribution in [3.63, 3.8) is 0 Å². The summed E-state index contributed by atoms with van der Waals surface area (Å²) in [6.45, 7) is 1.69. The predicted octanol–water partition coefficient (Wildman–Crippen LogP) is 5.30. The first kappa shape index (κ1) is 20.4. The molecule has 7 heteroatoms. The smallest absolute Gasteiger partial charge is 0.264 e. The fourth-order valence-corrected chi connectivity index (χ4v) is 4.94. The average molecular weight is 464 g/mol. The second-order valence-corrected chi connectivity index (χ2v) is 9.00. The van der Waals surface area contributed by atoms with E-state index in [1.807, 2.05) is 18.2 Å². The quantitative estimate of drug-likeness (QED) is 0.498. The molecular weight excluding hydrogens is 445 g/mol. The van der Waals surface area contributed by atoms with E-state index >= 15 is 0 Å². The molecule has 0 aromatic heterocycles. The number of benzene rings is 3. The van der Waals surface area contributed by atoms with Gasteiger partial charge in [-0.05, 0) is 66.6 Å². The maximum absolute atomic E-state index is 13.5. The molecule has 0 heterocycles. The summed E-state index contributed by atoms with van der Waals surface area (Å²) < 4.78 is 47.8. The fraction of sp³-hybridized carbons (Fsp3) is 0.143. The third-order valence-corrected chi connectivity index (χ3v) is 6.69. The first-order valence-electron chi connectivity index (χ1n) is 8.48. The van der Waals surface area contributed by atoms with Crippen molar-refractivity contribution in [3.05, 3.63) is 88.1 Å². The Morgan fingerprint density at radius 2 is 1.79 bits per heavy atom. The standard InChI is InChI=1S/C21H19BrFNO3S/c1-15-11-18(23)9-10-21(15)28(25,26)24(19-7-4-6-17(22)13-19)14-16-5-3-8-20(12-16)27-2/h3-13H,14H2,1-2H3. The van der Waals surface area contributed by atoms with Crippen LogP contribution in [-0.4, -0.2) is 15.5 Å². The normalized spacial score (nSPS) is 11.3. The Bertz CT molecular complexity index is 1100. The van der Waals surface area contributed by atoms with Crippen LogP contribution in [0, 0.1) is 12.7 Å². The Morgan fingerprint density at radius 1 is 1.04 bits per heavy atom.